The van der Waals surface area contributed by atoms with Gasteiger partial charge in [0.2, 0.25) is 15.7 Å². The third-order valence-electron chi connectivity index (χ3n) is 3.38. The highest BCUT2D eigenvalue weighted by molar-refractivity contribution is 7.90. The van der Waals surface area contributed by atoms with Crippen molar-refractivity contribution in [1.29, 1.82) is 5.26 Å². The zero-order chi connectivity index (χ0) is 18.0. The van der Waals surface area contributed by atoms with Gasteiger partial charge in [-0.2, -0.15) is 10.2 Å². The molecule has 3 aromatic rings. The van der Waals surface area contributed by atoms with Gasteiger partial charge >= 0.3 is 0 Å². The number of hydrogen-bond acceptors (Lipinski definition) is 5. The highest BCUT2D eigenvalue weighted by Gasteiger charge is 2.28. The van der Waals surface area contributed by atoms with E-state index in [2.05, 4.69) is 4.98 Å². The Bertz CT molecular complexity index is 1070. The summed E-state index contributed by atoms with van der Waals surface area (Å²) in [7, 11) is -4.09. The monoisotopic (exact) mass is 376 g/mol. The van der Waals surface area contributed by atoms with E-state index in [-0.39, 0.29) is 17.1 Å². The van der Waals surface area contributed by atoms with Crippen LogP contribution in [0.1, 0.15) is 11.3 Å². The van der Waals surface area contributed by atoms with Crippen LogP contribution in [0.4, 0.5) is 4.39 Å². The molecule has 2 aromatic carbocycles. The van der Waals surface area contributed by atoms with Gasteiger partial charge in [0.05, 0.1) is 5.75 Å². The molecule has 25 heavy (non-hydrogen) atoms. The normalized spacial score (nSPS) is 11.2. The summed E-state index contributed by atoms with van der Waals surface area (Å²) in [5, 5.41) is 9.08. The molecule has 8 heteroatoms. The second-order valence-electron chi connectivity index (χ2n) is 5.12. The third kappa shape index (κ3) is 3.55. The molecule has 0 aliphatic rings. The van der Waals surface area contributed by atoms with Gasteiger partial charge in [0, 0.05) is 16.1 Å². The molecular formula is C17H10ClFN2O3S. The SMILES string of the molecule is N#Cc1nc(-c2ccc(Cl)cc2)oc1S(=O)(=O)Cc1ccccc1F. The van der Waals surface area contributed by atoms with Crippen LogP contribution < -0.4 is 0 Å². The predicted octanol–water partition coefficient (Wildman–Crippen LogP) is 3.98. The molecule has 0 amide bonds. The minimum Gasteiger partial charge on any atom is -0.423 e. The van der Waals surface area contributed by atoms with Gasteiger partial charge in [-0.05, 0) is 30.3 Å². The second kappa shape index (κ2) is 6.67. The van der Waals surface area contributed by atoms with Crippen LogP contribution in [0, 0.1) is 17.1 Å². The van der Waals surface area contributed by atoms with Crippen LogP contribution in [-0.2, 0) is 15.6 Å². The highest BCUT2D eigenvalue weighted by atomic mass is 35.5. The molecule has 1 aromatic heterocycles. The summed E-state index contributed by atoms with van der Waals surface area (Å²) in [6, 6.07) is 13.5. The Morgan fingerprint density at radius 3 is 2.48 bits per heavy atom. The number of nitrogens with zero attached hydrogens (tertiary/aromatic N) is 2. The number of rotatable bonds is 4. The quantitative estimate of drug-likeness (QED) is 0.687. The van der Waals surface area contributed by atoms with Crippen LogP contribution in [0.5, 0.6) is 0 Å². The first-order chi connectivity index (χ1) is 11.9. The van der Waals surface area contributed by atoms with Crippen molar-refractivity contribution in [3.63, 3.8) is 0 Å². The van der Waals surface area contributed by atoms with Crippen molar-refractivity contribution in [2.75, 3.05) is 0 Å². The van der Waals surface area contributed by atoms with Crippen LogP contribution in [0.3, 0.4) is 0 Å². The first-order valence-corrected chi connectivity index (χ1v) is 9.07. The van der Waals surface area contributed by atoms with E-state index in [1.54, 1.807) is 30.3 Å². The zero-order valence-electron chi connectivity index (χ0n) is 12.6. The number of aromatic nitrogens is 1. The van der Waals surface area contributed by atoms with E-state index in [9.17, 15) is 18.1 Å². The smallest absolute Gasteiger partial charge is 0.257 e. The topological polar surface area (TPSA) is 84.0 Å². The largest absolute Gasteiger partial charge is 0.423 e. The fourth-order valence-electron chi connectivity index (χ4n) is 2.19. The number of nitriles is 1. The molecule has 0 atom stereocenters. The Morgan fingerprint density at radius 2 is 1.84 bits per heavy atom. The van der Waals surface area contributed by atoms with Crippen molar-refractivity contribution in [2.45, 2.75) is 10.8 Å². The lowest BCUT2D eigenvalue weighted by molar-refractivity contribution is 0.456. The molecule has 0 radical (unpaired) electrons. The molecule has 0 saturated carbocycles. The minimum absolute atomic E-state index is 0.0177. The standard InChI is InChI=1S/C17H10ClFN2O3S/c18-13-7-5-11(6-8-13)16-21-15(9-20)17(24-16)25(22,23)10-12-3-1-2-4-14(12)19/h1-8H,10H2. The van der Waals surface area contributed by atoms with E-state index in [1.165, 1.54) is 18.2 Å². The van der Waals surface area contributed by atoms with Crippen molar-refractivity contribution in [2.24, 2.45) is 0 Å². The number of sulfone groups is 1. The van der Waals surface area contributed by atoms with Crippen LogP contribution >= 0.6 is 11.6 Å². The molecule has 0 spiro atoms. The van der Waals surface area contributed by atoms with Crippen LogP contribution in [0.2, 0.25) is 5.02 Å². The molecule has 5 nitrogen and oxygen atoms in total. The summed E-state index contributed by atoms with van der Waals surface area (Å²) in [4.78, 5) is 3.92. The van der Waals surface area contributed by atoms with Gasteiger partial charge in [0.1, 0.15) is 11.9 Å². The summed E-state index contributed by atoms with van der Waals surface area (Å²) in [6.45, 7) is 0. The molecule has 1 heterocycles. The number of halogens is 2. The van der Waals surface area contributed by atoms with Gasteiger partial charge in [0.15, 0.2) is 5.69 Å². The minimum atomic E-state index is -4.09. The molecule has 0 saturated heterocycles. The first kappa shape index (κ1) is 17.1. The average Bonchev–Trinajstić information content (AvgIpc) is 3.03. The van der Waals surface area contributed by atoms with Gasteiger partial charge in [-0.15, -0.1) is 0 Å². The van der Waals surface area contributed by atoms with Crippen molar-refractivity contribution in [3.8, 4) is 17.5 Å². The van der Waals surface area contributed by atoms with Gasteiger partial charge in [-0.1, -0.05) is 29.8 Å². The number of hydrogen-bond donors (Lipinski definition) is 0. The molecule has 0 bridgehead atoms. The maximum atomic E-state index is 13.7. The van der Waals surface area contributed by atoms with E-state index in [1.807, 2.05) is 0 Å². The molecule has 0 aliphatic carbocycles. The molecular weight excluding hydrogens is 367 g/mol. The van der Waals surface area contributed by atoms with E-state index in [0.29, 0.717) is 10.6 Å². The second-order valence-corrected chi connectivity index (χ2v) is 7.45. The first-order valence-electron chi connectivity index (χ1n) is 7.04. The lowest BCUT2D eigenvalue weighted by atomic mass is 10.2. The summed E-state index contributed by atoms with van der Waals surface area (Å²) < 4.78 is 44.2. The average molecular weight is 377 g/mol. The Hall–Kier alpha value is -2.69. The fourth-order valence-corrected chi connectivity index (χ4v) is 3.68. The Morgan fingerprint density at radius 1 is 1.16 bits per heavy atom. The van der Waals surface area contributed by atoms with Crippen molar-refractivity contribution in [3.05, 3.63) is 70.6 Å². The van der Waals surface area contributed by atoms with E-state index < -0.39 is 26.5 Å². The van der Waals surface area contributed by atoms with Crippen molar-refractivity contribution >= 4 is 21.4 Å². The zero-order valence-corrected chi connectivity index (χ0v) is 14.2. The van der Waals surface area contributed by atoms with E-state index in [4.69, 9.17) is 16.0 Å². The predicted molar refractivity (Wildman–Crippen MR) is 89.0 cm³/mol. The maximum absolute atomic E-state index is 13.7. The lowest BCUT2D eigenvalue weighted by Crippen LogP contribution is -2.07. The fraction of sp³-hybridized carbons (Fsp3) is 0.0588. The third-order valence-corrected chi connectivity index (χ3v) is 5.16. The molecule has 0 fully saturated rings. The van der Waals surface area contributed by atoms with E-state index >= 15 is 0 Å². The van der Waals surface area contributed by atoms with Gasteiger partial charge in [-0.25, -0.2) is 12.8 Å². The summed E-state index contributed by atoms with van der Waals surface area (Å²) in [5.41, 5.74) is 0.0744. The summed E-state index contributed by atoms with van der Waals surface area (Å²) in [6.07, 6.45) is 0. The van der Waals surface area contributed by atoms with Crippen LogP contribution in [-0.4, -0.2) is 13.4 Å². The number of benzene rings is 2. The summed E-state index contributed by atoms with van der Waals surface area (Å²) >= 11 is 5.81. The van der Waals surface area contributed by atoms with Gasteiger partial charge in [0.25, 0.3) is 5.09 Å². The molecule has 3 rings (SSSR count). The molecule has 0 aliphatic heterocycles. The van der Waals surface area contributed by atoms with Gasteiger partial charge < -0.3 is 4.42 Å². The Labute approximate surface area is 148 Å². The highest BCUT2D eigenvalue weighted by Crippen LogP contribution is 2.28. The summed E-state index contributed by atoms with van der Waals surface area (Å²) in [5.74, 6) is -1.31. The Kier molecular flexibility index (Phi) is 4.57. The van der Waals surface area contributed by atoms with Gasteiger partial charge in [-0.3, -0.25) is 0 Å². The van der Waals surface area contributed by atoms with Crippen LogP contribution in [0.15, 0.2) is 58.0 Å². The van der Waals surface area contributed by atoms with Crippen LogP contribution in [0.25, 0.3) is 11.5 Å². The maximum Gasteiger partial charge on any atom is 0.257 e. The lowest BCUT2D eigenvalue weighted by Gasteiger charge is -2.03. The molecule has 0 N–H and O–H groups in total. The number of oxazole rings is 1. The van der Waals surface area contributed by atoms with E-state index in [0.717, 1.165) is 6.07 Å². The molecule has 126 valence electrons. The van der Waals surface area contributed by atoms with Crippen molar-refractivity contribution in [1.82, 2.24) is 4.98 Å². The van der Waals surface area contributed by atoms with Crippen molar-refractivity contribution < 1.29 is 17.2 Å². The molecule has 0 unspecified atom stereocenters. The Balaban J connectivity index is 2.03.